The highest BCUT2D eigenvalue weighted by Gasteiger charge is 2.18. The molecule has 0 amide bonds. The van der Waals surface area contributed by atoms with Gasteiger partial charge in [0.15, 0.2) is 0 Å². The van der Waals surface area contributed by atoms with E-state index in [0.29, 0.717) is 0 Å². The second-order valence-corrected chi connectivity index (χ2v) is 6.53. The molecule has 0 aliphatic carbocycles. The largest absolute Gasteiger partial charge is 0.481 e. The van der Waals surface area contributed by atoms with Gasteiger partial charge in [0, 0.05) is 20.1 Å². The van der Waals surface area contributed by atoms with Gasteiger partial charge >= 0.3 is 5.97 Å². The quantitative estimate of drug-likeness (QED) is 0.751. The third kappa shape index (κ3) is 5.28. The Morgan fingerprint density at radius 3 is 2.50 bits per heavy atom. The van der Waals surface area contributed by atoms with Gasteiger partial charge in [-0.2, -0.15) is 12.7 Å². The fourth-order valence-electron chi connectivity index (χ4n) is 1.56. The summed E-state index contributed by atoms with van der Waals surface area (Å²) in [5, 5.41) is 8.73. The predicted molar refractivity (Wildman–Crippen MR) is 76.2 cm³/mol. The van der Waals surface area contributed by atoms with Crippen molar-refractivity contribution in [3.05, 3.63) is 35.9 Å². The molecule has 0 fully saturated rings. The zero-order chi connectivity index (χ0) is 15.2. The molecule has 0 radical (unpaired) electrons. The normalized spacial score (nSPS) is 13.3. The molecule has 1 aromatic rings. The van der Waals surface area contributed by atoms with Gasteiger partial charge in [0.1, 0.15) is 0 Å². The Morgan fingerprint density at radius 2 is 1.95 bits per heavy atom. The van der Waals surface area contributed by atoms with Gasteiger partial charge in [-0.1, -0.05) is 37.3 Å². The Kier molecular flexibility index (Phi) is 6.12. The van der Waals surface area contributed by atoms with Gasteiger partial charge in [-0.15, -0.1) is 0 Å². The zero-order valence-electron chi connectivity index (χ0n) is 11.6. The molecule has 1 aromatic carbocycles. The van der Waals surface area contributed by atoms with Crippen molar-refractivity contribution in [1.29, 1.82) is 0 Å². The predicted octanol–water partition coefficient (Wildman–Crippen LogP) is 1.06. The standard InChI is InChI=1S/C13H20N2O4S/c1-11(13(16)17)8-9-14-20(18,19)15(2)10-12-6-4-3-5-7-12/h3-7,11,14H,8-10H2,1-2H3,(H,16,17). The fourth-order valence-corrected chi connectivity index (χ4v) is 2.48. The minimum Gasteiger partial charge on any atom is -0.481 e. The van der Waals surface area contributed by atoms with Gasteiger partial charge in [0.2, 0.25) is 0 Å². The maximum atomic E-state index is 12.0. The molecule has 2 N–H and O–H groups in total. The Bertz CT molecular complexity index is 531. The summed E-state index contributed by atoms with van der Waals surface area (Å²) in [4.78, 5) is 10.6. The van der Waals surface area contributed by atoms with Crippen LogP contribution in [0.15, 0.2) is 30.3 Å². The number of aliphatic carboxylic acids is 1. The van der Waals surface area contributed by atoms with E-state index in [1.807, 2.05) is 30.3 Å². The molecule has 0 aromatic heterocycles. The summed E-state index contributed by atoms with van der Waals surface area (Å²) < 4.78 is 27.5. The number of nitrogens with zero attached hydrogens (tertiary/aromatic N) is 1. The highest BCUT2D eigenvalue weighted by Crippen LogP contribution is 2.06. The number of benzene rings is 1. The number of carboxylic acid groups (broad SMARTS) is 1. The van der Waals surface area contributed by atoms with Crippen molar-refractivity contribution in [3.63, 3.8) is 0 Å². The summed E-state index contributed by atoms with van der Waals surface area (Å²) in [7, 11) is -2.11. The summed E-state index contributed by atoms with van der Waals surface area (Å²) in [5.74, 6) is -1.50. The third-order valence-corrected chi connectivity index (χ3v) is 4.46. The highest BCUT2D eigenvalue weighted by atomic mass is 32.2. The second kappa shape index (κ2) is 7.37. The van der Waals surface area contributed by atoms with E-state index in [0.717, 1.165) is 5.56 Å². The van der Waals surface area contributed by atoms with Crippen LogP contribution in [-0.2, 0) is 21.5 Å². The summed E-state index contributed by atoms with van der Waals surface area (Å²) in [6.07, 6.45) is 0.258. The van der Waals surface area contributed by atoms with Crippen molar-refractivity contribution in [2.45, 2.75) is 19.9 Å². The molecule has 0 bridgehead atoms. The first-order valence-electron chi connectivity index (χ1n) is 6.30. The van der Waals surface area contributed by atoms with Crippen LogP contribution in [0, 0.1) is 5.92 Å². The lowest BCUT2D eigenvalue weighted by Crippen LogP contribution is -2.38. The lowest BCUT2D eigenvalue weighted by Gasteiger charge is -2.18. The second-order valence-electron chi connectivity index (χ2n) is 4.67. The van der Waals surface area contributed by atoms with Gasteiger partial charge in [-0.3, -0.25) is 4.79 Å². The van der Waals surface area contributed by atoms with Crippen LogP contribution in [0.25, 0.3) is 0 Å². The molecule has 0 spiro atoms. The molecule has 6 nitrogen and oxygen atoms in total. The molecule has 20 heavy (non-hydrogen) atoms. The molecule has 7 heteroatoms. The van der Waals surface area contributed by atoms with Crippen LogP contribution in [0.5, 0.6) is 0 Å². The molecule has 1 atom stereocenters. The van der Waals surface area contributed by atoms with E-state index in [9.17, 15) is 13.2 Å². The van der Waals surface area contributed by atoms with E-state index in [-0.39, 0.29) is 19.5 Å². The summed E-state index contributed by atoms with van der Waals surface area (Å²) in [6.45, 7) is 1.92. The Morgan fingerprint density at radius 1 is 1.35 bits per heavy atom. The van der Waals surface area contributed by atoms with Crippen molar-refractivity contribution in [3.8, 4) is 0 Å². The summed E-state index contributed by atoms with van der Waals surface area (Å²) >= 11 is 0. The third-order valence-electron chi connectivity index (χ3n) is 2.94. The van der Waals surface area contributed by atoms with E-state index in [1.165, 1.54) is 11.4 Å². The lowest BCUT2D eigenvalue weighted by atomic mass is 10.1. The van der Waals surface area contributed by atoms with Crippen molar-refractivity contribution in [2.75, 3.05) is 13.6 Å². The van der Waals surface area contributed by atoms with Crippen LogP contribution in [0.2, 0.25) is 0 Å². The van der Waals surface area contributed by atoms with Crippen LogP contribution in [0.1, 0.15) is 18.9 Å². The average molecular weight is 300 g/mol. The van der Waals surface area contributed by atoms with Crippen LogP contribution in [0.3, 0.4) is 0 Å². The van der Waals surface area contributed by atoms with Crippen molar-refractivity contribution >= 4 is 16.2 Å². The molecular formula is C13H20N2O4S. The van der Waals surface area contributed by atoms with Gasteiger partial charge in [-0.25, -0.2) is 4.72 Å². The maximum absolute atomic E-state index is 12.0. The van der Waals surface area contributed by atoms with E-state index in [4.69, 9.17) is 5.11 Å². The fraction of sp³-hybridized carbons (Fsp3) is 0.462. The zero-order valence-corrected chi connectivity index (χ0v) is 12.4. The molecule has 0 heterocycles. The van der Waals surface area contributed by atoms with Crippen LogP contribution in [-0.4, -0.2) is 37.4 Å². The number of carboxylic acids is 1. The minimum absolute atomic E-state index is 0.106. The Labute approximate surface area is 119 Å². The molecule has 1 unspecified atom stereocenters. The van der Waals surface area contributed by atoms with Gasteiger partial charge < -0.3 is 5.11 Å². The van der Waals surface area contributed by atoms with E-state index in [1.54, 1.807) is 6.92 Å². The highest BCUT2D eigenvalue weighted by molar-refractivity contribution is 7.87. The molecule has 0 saturated carbocycles. The molecule has 0 aliphatic heterocycles. The van der Waals surface area contributed by atoms with Crippen molar-refractivity contribution in [1.82, 2.24) is 9.03 Å². The topological polar surface area (TPSA) is 86.7 Å². The Balaban J connectivity index is 2.49. The van der Waals surface area contributed by atoms with E-state index >= 15 is 0 Å². The number of rotatable bonds is 8. The lowest BCUT2D eigenvalue weighted by molar-refractivity contribution is -0.141. The van der Waals surface area contributed by atoms with E-state index in [2.05, 4.69) is 4.72 Å². The summed E-state index contributed by atoms with van der Waals surface area (Å²) in [6, 6.07) is 9.25. The van der Waals surface area contributed by atoms with Crippen LogP contribution < -0.4 is 4.72 Å². The Hall–Kier alpha value is -1.44. The number of hydrogen-bond donors (Lipinski definition) is 2. The van der Waals surface area contributed by atoms with Crippen molar-refractivity contribution < 1.29 is 18.3 Å². The first-order chi connectivity index (χ1) is 9.33. The first-order valence-corrected chi connectivity index (χ1v) is 7.74. The number of hydrogen-bond acceptors (Lipinski definition) is 3. The molecular weight excluding hydrogens is 280 g/mol. The smallest absolute Gasteiger partial charge is 0.306 e. The van der Waals surface area contributed by atoms with Crippen LogP contribution >= 0.6 is 0 Å². The first kappa shape index (κ1) is 16.6. The van der Waals surface area contributed by atoms with Gasteiger partial charge in [0.05, 0.1) is 5.92 Å². The maximum Gasteiger partial charge on any atom is 0.306 e. The van der Waals surface area contributed by atoms with Crippen LogP contribution in [0.4, 0.5) is 0 Å². The molecule has 0 aliphatic rings. The number of nitrogens with one attached hydrogen (secondary N) is 1. The monoisotopic (exact) mass is 300 g/mol. The SMILES string of the molecule is CC(CCNS(=O)(=O)N(C)Cc1ccccc1)C(=O)O. The number of carbonyl (C=O) groups is 1. The molecule has 0 saturated heterocycles. The summed E-state index contributed by atoms with van der Waals surface area (Å²) in [5.41, 5.74) is 0.888. The molecule has 1 rings (SSSR count). The van der Waals surface area contributed by atoms with Gasteiger partial charge in [0.25, 0.3) is 10.2 Å². The van der Waals surface area contributed by atoms with Crippen molar-refractivity contribution in [2.24, 2.45) is 5.92 Å². The molecule has 112 valence electrons. The average Bonchev–Trinajstić information content (AvgIpc) is 2.39. The van der Waals surface area contributed by atoms with E-state index < -0.39 is 22.1 Å². The minimum atomic E-state index is -3.59. The van der Waals surface area contributed by atoms with Gasteiger partial charge in [-0.05, 0) is 12.0 Å².